The molecule has 6 nitrogen and oxygen atoms in total. The van der Waals surface area contributed by atoms with E-state index in [1.807, 2.05) is 6.92 Å². The smallest absolute Gasteiger partial charge is 0.258 e. The Kier molecular flexibility index (Phi) is 5.57. The molecule has 100 valence electrons. The van der Waals surface area contributed by atoms with Crippen LogP contribution >= 0.6 is 11.8 Å². The van der Waals surface area contributed by atoms with E-state index in [4.69, 9.17) is 0 Å². The molecule has 0 bridgehead atoms. The zero-order chi connectivity index (χ0) is 13.6. The van der Waals surface area contributed by atoms with Gasteiger partial charge in [0, 0.05) is 18.4 Å². The van der Waals surface area contributed by atoms with Gasteiger partial charge in [0.2, 0.25) is 10.0 Å². The molecule has 0 spiro atoms. The maximum absolute atomic E-state index is 11.9. The maximum atomic E-state index is 11.9. The third-order valence-corrected chi connectivity index (χ3v) is 4.50. The summed E-state index contributed by atoms with van der Waals surface area (Å²) in [6, 6.07) is 5.30. The predicted octanol–water partition coefficient (Wildman–Crippen LogP) is 1.63. The largest absolute Gasteiger partial charge is 0.289 e. The number of nitrogens with zero attached hydrogens (tertiary/aromatic N) is 1. The van der Waals surface area contributed by atoms with Crippen LogP contribution in [0.15, 0.2) is 29.2 Å². The van der Waals surface area contributed by atoms with Crippen LogP contribution in [0.25, 0.3) is 0 Å². The normalized spacial score (nSPS) is 11.4. The molecule has 1 N–H and O–H groups in total. The number of rotatable bonds is 7. The summed E-state index contributed by atoms with van der Waals surface area (Å²) >= 11 is 1.59. The third-order valence-electron chi connectivity index (χ3n) is 2.09. The van der Waals surface area contributed by atoms with Gasteiger partial charge >= 0.3 is 0 Å². The molecule has 8 heteroatoms. The van der Waals surface area contributed by atoms with Crippen molar-refractivity contribution in [3.63, 3.8) is 0 Å². The summed E-state index contributed by atoms with van der Waals surface area (Å²) in [5, 5.41) is 10.8. The maximum Gasteiger partial charge on any atom is 0.289 e. The first kappa shape index (κ1) is 14.9. The van der Waals surface area contributed by atoms with E-state index in [0.29, 0.717) is 5.75 Å². The van der Waals surface area contributed by atoms with Crippen molar-refractivity contribution in [2.45, 2.75) is 11.8 Å². The van der Waals surface area contributed by atoms with Crippen molar-refractivity contribution in [1.82, 2.24) is 4.72 Å². The third kappa shape index (κ3) is 3.97. The number of hydrogen-bond donors (Lipinski definition) is 1. The second-order valence-corrected chi connectivity index (χ2v) is 6.45. The van der Waals surface area contributed by atoms with E-state index in [-0.39, 0.29) is 11.4 Å². The second-order valence-electron chi connectivity index (χ2n) is 3.32. The molecule has 1 aromatic rings. The van der Waals surface area contributed by atoms with Crippen LogP contribution in [-0.2, 0) is 10.0 Å². The lowest BCUT2D eigenvalue weighted by atomic mass is 10.3. The molecule has 1 rings (SSSR count). The van der Waals surface area contributed by atoms with E-state index in [9.17, 15) is 18.5 Å². The Morgan fingerprint density at radius 2 is 2.06 bits per heavy atom. The Balaban J connectivity index is 2.88. The number of nitro groups is 1. The van der Waals surface area contributed by atoms with E-state index in [1.54, 1.807) is 11.8 Å². The van der Waals surface area contributed by atoms with Crippen molar-refractivity contribution in [3.05, 3.63) is 34.4 Å². The van der Waals surface area contributed by atoms with Crippen LogP contribution in [0.5, 0.6) is 0 Å². The molecule has 0 radical (unpaired) electrons. The fourth-order valence-corrected chi connectivity index (χ4v) is 3.17. The van der Waals surface area contributed by atoms with Crippen molar-refractivity contribution in [2.24, 2.45) is 0 Å². The molecule has 0 fully saturated rings. The fraction of sp³-hybridized carbons (Fsp3) is 0.400. The Bertz CT molecular complexity index is 516. The summed E-state index contributed by atoms with van der Waals surface area (Å²) in [5.74, 6) is 1.53. The zero-order valence-corrected chi connectivity index (χ0v) is 11.5. The Morgan fingerprint density at radius 1 is 1.39 bits per heavy atom. The lowest BCUT2D eigenvalue weighted by molar-refractivity contribution is -0.387. The Morgan fingerprint density at radius 3 is 2.67 bits per heavy atom. The van der Waals surface area contributed by atoms with Gasteiger partial charge in [0.25, 0.3) is 5.69 Å². The predicted molar refractivity (Wildman–Crippen MR) is 71.3 cm³/mol. The standard InChI is InChI=1S/C10H14N2O4S2/c1-2-17-8-7-11-18(15,16)10-6-4-3-5-9(10)12(13)14/h3-6,11H,2,7-8H2,1H3. The average Bonchev–Trinajstić information content (AvgIpc) is 2.35. The van der Waals surface area contributed by atoms with Crippen LogP contribution in [-0.4, -0.2) is 31.4 Å². The molecule has 0 aliphatic heterocycles. The molecule has 1 aromatic carbocycles. The molecule has 0 atom stereocenters. The van der Waals surface area contributed by atoms with Gasteiger partial charge in [-0.2, -0.15) is 11.8 Å². The van der Waals surface area contributed by atoms with E-state index >= 15 is 0 Å². The zero-order valence-electron chi connectivity index (χ0n) is 9.83. The molecule has 18 heavy (non-hydrogen) atoms. The van der Waals surface area contributed by atoms with Crippen molar-refractivity contribution in [2.75, 3.05) is 18.1 Å². The van der Waals surface area contributed by atoms with Crippen molar-refractivity contribution >= 4 is 27.5 Å². The highest BCUT2D eigenvalue weighted by Gasteiger charge is 2.24. The molecular formula is C10H14N2O4S2. The van der Waals surface area contributed by atoms with Gasteiger partial charge in [0.05, 0.1) is 4.92 Å². The van der Waals surface area contributed by atoms with Crippen molar-refractivity contribution in [1.29, 1.82) is 0 Å². The van der Waals surface area contributed by atoms with E-state index < -0.39 is 20.6 Å². The quantitative estimate of drug-likeness (QED) is 0.468. The monoisotopic (exact) mass is 290 g/mol. The molecule has 0 saturated heterocycles. The molecule has 0 aliphatic carbocycles. The van der Waals surface area contributed by atoms with Gasteiger partial charge in [-0.15, -0.1) is 0 Å². The summed E-state index contributed by atoms with van der Waals surface area (Å²) in [6.07, 6.45) is 0. The van der Waals surface area contributed by atoms with Crippen LogP contribution in [0.4, 0.5) is 5.69 Å². The summed E-state index contributed by atoms with van der Waals surface area (Å²) in [6.45, 7) is 2.23. The van der Waals surface area contributed by atoms with Gasteiger partial charge in [-0.25, -0.2) is 13.1 Å². The highest BCUT2D eigenvalue weighted by molar-refractivity contribution is 7.99. The second kappa shape index (κ2) is 6.72. The molecule has 0 amide bonds. The minimum atomic E-state index is -3.82. The van der Waals surface area contributed by atoms with Crippen LogP contribution < -0.4 is 4.72 Å². The lowest BCUT2D eigenvalue weighted by Crippen LogP contribution is -2.26. The Hall–Kier alpha value is -1.12. The summed E-state index contributed by atoms with van der Waals surface area (Å²) in [4.78, 5) is 9.76. The Labute approximate surface area is 110 Å². The average molecular weight is 290 g/mol. The van der Waals surface area contributed by atoms with Crippen LogP contribution in [0.1, 0.15) is 6.92 Å². The lowest BCUT2D eigenvalue weighted by Gasteiger charge is -2.06. The number of sulfonamides is 1. The van der Waals surface area contributed by atoms with Crippen molar-refractivity contribution in [3.8, 4) is 0 Å². The van der Waals surface area contributed by atoms with Gasteiger partial charge in [0.1, 0.15) is 0 Å². The fourth-order valence-electron chi connectivity index (χ4n) is 1.31. The highest BCUT2D eigenvalue weighted by atomic mass is 32.2. The topological polar surface area (TPSA) is 89.3 Å². The van der Waals surface area contributed by atoms with Crippen LogP contribution in [0, 0.1) is 10.1 Å². The summed E-state index contributed by atoms with van der Waals surface area (Å²) in [7, 11) is -3.82. The summed E-state index contributed by atoms with van der Waals surface area (Å²) < 4.78 is 26.1. The van der Waals surface area contributed by atoms with E-state index in [1.165, 1.54) is 24.3 Å². The molecule has 0 aliphatic rings. The molecule has 0 aromatic heterocycles. The number of para-hydroxylation sites is 1. The van der Waals surface area contributed by atoms with Crippen molar-refractivity contribution < 1.29 is 13.3 Å². The number of benzene rings is 1. The molecule has 0 heterocycles. The molecule has 0 saturated carbocycles. The van der Waals surface area contributed by atoms with Gasteiger partial charge < -0.3 is 0 Å². The van der Waals surface area contributed by atoms with E-state index in [2.05, 4.69) is 4.72 Å². The van der Waals surface area contributed by atoms with Gasteiger partial charge in [-0.05, 0) is 11.8 Å². The summed E-state index contributed by atoms with van der Waals surface area (Å²) in [5.41, 5.74) is -0.409. The first-order chi connectivity index (χ1) is 8.49. The highest BCUT2D eigenvalue weighted by Crippen LogP contribution is 2.22. The van der Waals surface area contributed by atoms with Gasteiger partial charge in [-0.3, -0.25) is 10.1 Å². The molecular weight excluding hydrogens is 276 g/mol. The SMILES string of the molecule is CCSCCNS(=O)(=O)c1ccccc1[N+](=O)[O-]. The number of nitro benzene ring substituents is 1. The minimum Gasteiger partial charge on any atom is -0.258 e. The van der Waals surface area contributed by atoms with Gasteiger partial charge in [0.15, 0.2) is 4.90 Å². The molecule has 0 unspecified atom stereocenters. The number of nitrogens with one attached hydrogen (secondary N) is 1. The van der Waals surface area contributed by atoms with Gasteiger partial charge in [-0.1, -0.05) is 19.1 Å². The van der Waals surface area contributed by atoms with E-state index in [0.717, 1.165) is 5.75 Å². The first-order valence-electron chi connectivity index (χ1n) is 5.30. The minimum absolute atomic E-state index is 0.257. The first-order valence-corrected chi connectivity index (χ1v) is 7.93. The number of hydrogen-bond acceptors (Lipinski definition) is 5. The number of thioether (sulfide) groups is 1. The van der Waals surface area contributed by atoms with Crippen LogP contribution in [0.3, 0.4) is 0 Å². The van der Waals surface area contributed by atoms with Crippen LogP contribution in [0.2, 0.25) is 0 Å².